The first-order valence-corrected chi connectivity index (χ1v) is 7.70. The van der Waals surface area contributed by atoms with Gasteiger partial charge in [-0.25, -0.2) is 13.2 Å². The molecule has 0 bridgehead atoms. The Morgan fingerprint density at radius 1 is 1.29 bits per heavy atom. The highest BCUT2D eigenvalue weighted by atomic mass is 32.2. The molecule has 0 radical (unpaired) electrons. The fraction of sp³-hybridized carbons (Fsp3) is 0.154. The largest absolute Gasteiger partial charge is 0.478 e. The van der Waals surface area contributed by atoms with Crippen LogP contribution >= 0.6 is 0 Å². The third-order valence-electron chi connectivity index (χ3n) is 2.61. The van der Waals surface area contributed by atoms with Gasteiger partial charge in [-0.15, -0.1) is 0 Å². The number of sulfonamides is 1. The van der Waals surface area contributed by atoms with Crippen LogP contribution in [0.2, 0.25) is 0 Å². The smallest absolute Gasteiger partial charge is 0.337 e. The summed E-state index contributed by atoms with van der Waals surface area (Å²) >= 11 is 0. The summed E-state index contributed by atoms with van der Waals surface area (Å²) in [5.41, 5.74) is 0.705. The number of pyridine rings is 2. The lowest BCUT2D eigenvalue weighted by molar-refractivity contribution is 0.0696. The molecule has 0 aliphatic heterocycles. The molecular weight excluding hydrogens is 294 g/mol. The van der Waals surface area contributed by atoms with Crippen molar-refractivity contribution >= 4 is 21.7 Å². The second kappa shape index (κ2) is 6.31. The van der Waals surface area contributed by atoms with Gasteiger partial charge in [0.05, 0.1) is 23.2 Å². The van der Waals surface area contributed by atoms with E-state index in [9.17, 15) is 13.2 Å². The van der Waals surface area contributed by atoms with E-state index in [4.69, 9.17) is 5.11 Å². The summed E-state index contributed by atoms with van der Waals surface area (Å²) in [4.78, 5) is 18.5. The maximum Gasteiger partial charge on any atom is 0.337 e. The maximum atomic E-state index is 11.9. The number of aryl methyl sites for hydroxylation is 1. The van der Waals surface area contributed by atoms with Crippen LogP contribution in [-0.2, 0) is 16.4 Å². The fourth-order valence-corrected chi connectivity index (χ4v) is 2.68. The minimum atomic E-state index is -3.60. The molecule has 0 aliphatic carbocycles. The van der Waals surface area contributed by atoms with E-state index in [0.29, 0.717) is 5.69 Å². The first-order valence-electron chi connectivity index (χ1n) is 6.05. The number of rotatable bonds is 6. The monoisotopic (exact) mass is 307 g/mol. The second-order valence-electron chi connectivity index (χ2n) is 4.26. The molecule has 0 aliphatic rings. The standard InChI is InChI=1S/C13H13N3O4S/c17-13(18)10-7-12(9-14-8-10)16-21(19,20)6-4-11-3-1-2-5-15-11/h1-3,5,7-9,16H,4,6H2,(H,17,18). The first-order chi connectivity index (χ1) is 9.96. The molecule has 2 N–H and O–H groups in total. The molecule has 110 valence electrons. The zero-order valence-electron chi connectivity index (χ0n) is 10.9. The number of nitrogens with zero attached hydrogens (tertiary/aromatic N) is 2. The van der Waals surface area contributed by atoms with E-state index in [1.54, 1.807) is 24.4 Å². The van der Waals surface area contributed by atoms with E-state index in [0.717, 1.165) is 6.20 Å². The van der Waals surface area contributed by atoms with Gasteiger partial charge in [0.1, 0.15) is 0 Å². The van der Waals surface area contributed by atoms with Gasteiger partial charge in [0.15, 0.2) is 0 Å². The average Bonchev–Trinajstić information content (AvgIpc) is 2.46. The number of carboxylic acids is 1. The third-order valence-corrected chi connectivity index (χ3v) is 3.90. The molecule has 0 saturated carbocycles. The highest BCUT2D eigenvalue weighted by Gasteiger charge is 2.13. The highest BCUT2D eigenvalue weighted by Crippen LogP contribution is 2.11. The minimum Gasteiger partial charge on any atom is -0.478 e. The van der Waals surface area contributed by atoms with Crippen molar-refractivity contribution in [2.45, 2.75) is 6.42 Å². The molecule has 2 aromatic heterocycles. The number of hydrogen-bond donors (Lipinski definition) is 2. The lowest BCUT2D eigenvalue weighted by Gasteiger charge is -2.08. The molecular formula is C13H13N3O4S. The third kappa shape index (κ3) is 4.53. The Morgan fingerprint density at radius 2 is 2.10 bits per heavy atom. The molecule has 2 rings (SSSR count). The van der Waals surface area contributed by atoms with E-state index < -0.39 is 16.0 Å². The van der Waals surface area contributed by atoms with Gasteiger partial charge in [0, 0.05) is 24.5 Å². The second-order valence-corrected chi connectivity index (χ2v) is 6.10. The Morgan fingerprint density at radius 3 is 2.76 bits per heavy atom. The molecule has 7 nitrogen and oxygen atoms in total. The first kappa shape index (κ1) is 14.9. The van der Waals surface area contributed by atoms with Gasteiger partial charge in [-0.3, -0.25) is 14.7 Å². The van der Waals surface area contributed by atoms with E-state index in [2.05, 4.69) is 14.7 Å². The molecule has 0 saturated heterocycles. The van der Waals surface area contributed by atoms with Crippen LogP contribution in [0.15, 0.2) is 42.9 Å². The zero-order valence-corrected chi connectivity index (χ0v) is 11.7. The Kier molecular flexibility index (Phi) is 4.49. The Balaban J connectivity index is 2.04. The van der Waals surface area contributed by atoms with Crippen LogP contribution < -0.4 is 4.72 Å². The van der Waals surface area contributed by atoms with Crippen LogP contribution in [0.1, 0.15) is 16.1 Å². The topological polar surface area (TPSA) is 109 Å². The van der Waals surface area contributed by atoms with Crippen LogP contribution in [0.4, 0.5) is 5.69 Å². The number of anilines is 1. The van der Waals surface area contributed by atoms with Crippen LogP contribution in [0.3, 0.4) is 0 Å². The fourth-order valence-electron chi connectivity index (χ4n) is 1.63. The SMILES string of the molecule is O=C(O)c1cncc(NS(=O)(=O)CCc2ccccn2)c1. The summed E-state index contributed by atoms with van der Waals surface area (Å²) in [6, 6.07) is 6.48. The number of carbonyl (C=O) groups is 1. The van der Waals surface area contributed by atoms with Gasteiger partial charge in [0.2, 0.25) is 10.0 Å². The summed E-state index contributed by atoms with van der Waals surface area (Å²) in [5.74, 6) is -1.32. The number of aromatic carboxylic acids is 1. The normalized spacial score (nSPS) is 11.0. The van der Waals surface area contributed by atoms with Gasteiger partial charge in [0.25, 0.3) is 0 Å². The average molecular weight is 307 g/mol. The molecule has 0 amide bonds. The maximum absolute atomic E-state index is 11.9. The Bertz CT molecular complexity index is 732. The molecule has 0 fully saturated rings. The quantitative estimate of drug-likeness (QED) is 0.828. The van der Waals surface area contributed by atoms with Crippen LogP contribution in [0.5, 0.6) is 0 Å². The summed E-state index contributed by atoms with van der Waals surface area (Å²) in [5, 5.41) is 8.83. The van der Waals surface area contributed by atoms with Crippen molar-refractivity contribution in [3.8, 4) is 0 Å². The summed E-state index contributed by atoms with van der Waals surface area (Å²) in [6.07, 6.45) is 4.26. The number of hydrogen-bond acceptors (Lipinski definition) is 5. The summed E-state index contributed by atoms with van der Waals surface area (Å²) in [6.45, 7) is 0. The zero-order chi connectivity index (χ0) is 15.3. The van der Waals surface area contributed by atoms with Gasteiger partial charge < -0.3 is 5.11 Å². The molecule has 21 heavy (non-hydrogen) atoms. The van der Waals surface area contributed by atoms with Crippen molar-refractivity contribution in [2.24, 2.45) is 0 Å². The predicted molar refractivity (Wildman–Crippen MR) is 76.5 cm³/mol. The van der Waals surface area contributed by atoms with Crippen molar-refractivity contribution < 1.29 is 18.3 Å². The molecule has 0 unspecified atom stereocenters. The summed E-state index contributed by atoms with van der Waals surface area (Å²) in [7, 11) is -3.60. The summed E-state index contributed by atoms with van der Waals surface area (Å²) < 4.78 is 26.2. The van der Waals surface area contributed by atoms with Crippen LogP contribution in [-0.4, -0.2) is 35.2 Å². The highest BCUT2D eigenvalue weighted by molar-refractivity contribution is 7.92. The van der Waals surface area contributed by atoms with Crippen LogP contribution in [0.25, 0.3) is 0 Å². The molecule has 0 spiro atoms. The number of nitrogens with one attached hydrogen (secondary N) is 1. The van der Waals surface area contributed by atoms with Gasteiger partial charge in [-0.1, -0.05) is 6.07 Å². The lowest BCUT2D eigenvalue weighted by Crippen LogP contribution is -2.19. The van der Waals surface area contributed by atoms with E-state index in [1.165, 1.54) is 12.3 Å². The molecule has 8 heteroatoms. The van der Waals surface area contributed by atoms with Gasteiger partial charge in [-0.05, 0) is 18.2 Å². The molecule has 0 aromatic carbocycles. The van der Waals surface area contributed by atoms with Crippen molar-refractivity contribution in [3.05, 3.63) is 54.1 Å². The predicted octanol–water partition coefficient (Wildman–Crippen LogP) is 1.16. The van der Waals surface area contributed by atoms with Crippen LogP contribution in [0, 0.1) is 0 Å². The molecule has 2 heterocycles. The minimum absolute atomic E-state index is 0.0834. The molecule has 2 aromatic rings. The lowest BCUT2D eigenvalue weighted by atomic mass is 10.3. The van der Waals surface area contributed by atoms with Crippen molar-refractivity contribution in [2.75, 3.05) is 10.5 Å². The Labute approximate surface area is 121 Å². The van der Waals surface area contributed by atoms with E-state index >= 15 is 0 Å². The van der Waals surface area contributed by atoms with Gasteiger partial charge >= 0.3 is 5.97 Å². The number of carboxylic acid groups (broad SMARTS) is 1. The van der Waals surface area contributed by atoms with Crippen molar-refractivity contribution in [1.29, 1.82) is 0 Å². The van der Waals surface area contributed by atoms with E-state index in [1.807, 2.05) is 0 Å². The Hall–Kier alpha value is -2.48. The van der Waals surface area contributed by atoms with Crippen molar-refractivity contribution in [1.82, 2.24) is 9.97 Å². The molecule has 0 atom stereocenters. The number of aromatic nitrogens is 2. The van der Waals surface area contributed by atoms with E-state index in [-0.39, 0.29) is 23.4 Å². The van der Waals surface area contributed by atoms with Crippen molar-refractivity contribution in [3.63, 3.8) is 0 Å². The van der Waals surface area contributed by atoms with Gasteiger partial charge in [-0.2, -0.15) is 0 Å².